The van der Waals surface area contributed by atoms with Gasteiger partial charge in [-0.1, -0.05) is 0 Å². The fourth-order valence-corrected chi connectivity index (χ4v) is 1.03. The topological polar surface area (TPSA) is 38.1 Å². The van der Waals surface area contributed by atoms with Gasteiger partial charge in [0, 0.05) is 24.8 Å². The van der Waals surface area contributed by atoms with Crippen LogP contribution in [0.25, 0.3) is 0 Å². The van der Waals surface area contributed by atoms with Crippen LogP contribution >= 0.6 is 0 Å². The molecule has 0 bridgehead atoms. The summed E-state index contributed by atoms with van der Waals surface area (Å²) in [6, 6.07) is 7.57. The Bertz CT molecular complexity index is 368. The first-order valence-electron chi connectivity index (χ1n) is 4.29. The Labute approximate surface area is 82.2 Å². The fraction of sp³-hybridized carbons (Fsp3) is 0. The number of aromatic nitrogens is 2. The molecule has 2 aromatic heterocycles. The second kappa shape index (κ2) is 4.28. The average molecular weight is 183 g/mol. The molecule has 0 aromatic carbocycles. The van der Waals surface area contributed by atoms with E-state index in [0.717, 1.165) is 11.3 Å². The van der Waals surface area contributed by atoms with Crippen molar-refractivity contribution in [2.24, 2.45) is 4.99 Å². The summed E-state index contributed by atoms with van der Waals surface area (Å²) in [4.78, 5) is 12.2. The molecule has 0 aliphatic heterocycles. The van der Waals surface area contributed by atoms with Crippen molar-refractivity contribution in [1.29, 1.82) is 0 Å². The highest BCUT2D eigenvalue weighted by Crippen LogP contribution is 2.07. The summed E-state index contributed by atoms with van der Waals surface area (Å²) in [5.74, 6) is 0. The molecule has 14 heavy (non-hydrogen) atoms. The van der Waals surface area contributed by atoms with Crippen molar-refractivity contribution in [1.82, 2.24) is 9.97 Å². The molecule has 3 heteroatoms. The first-order chi connectivity index (χ1) is 6.95. The van der Waals surface area contributed by atoms with Gasteiger partial charge in [0.1, 0.15) is 0 Å². The molecule has 0 amide bonds. The van der Waals surface area contributed by atoms with E-state index in [0.29, 0.717) is 0 Å². The van der Waals surface area contributed by atoms with Crippen molar-refractivity contribution in [3.63, 3.8) is 0 Å². The zero-order valence-corrected chi connectivity index (χ0v) is 7.54. The van der Waals surface area contributed by atoms with E-state index < -0.39 is 0 Å². The van der Waals surface area contributed by atoms with Gasteiger partial charge in [-0.25, -0.2) is 0 Å². The average Bonchev–Trinajstić information content (AvgIpc) is 2.29. The molecule has 0 unspecified atom stereocenters. The first kappa shape index (κ1) is 8.56. The van der Waals surface area contributed by atoms with Crippen LogP contribution in [0.3, 0.4) is 0 Å². The lowest BCUT2D eigenvalue weighted by molar-refractivity contribution is 1.30. The largest absolute Gasteiger partial charge is 0.265 e. The Morgan fingerprint density at radius 3 is 2.57 bits per heavy atom. The van der Waals surface area contributed by atoms with Gasteiger partial charge in [0.2, 0.25) is 0 Å². The monoisotopic (exact) mass is 183 g/mol. The van der Waals surface area contributed by atoms with Crippen LogP contribution in [0, 0.1) is 0 Å². The number of pyridine rings is 2. The summed E-state index contributed by atoms with van der Waals surface area (Å²) in [5.41, 5.74) is 1.88. The van der Waals surface area contributed by atoms with Crippen molar-refractivity contribution in [2.45, 2.75) is 0 Å². The molecule has 0 fully saturated rings. The van der Waals surface area contributed by atoms with E-state index in [2.05, 4.69) is 15.0 Å². The standard InChI is InChI=1S/C11H9N3/c1-2-11(9-13-5-1)14-8-10-3-6-12-7-4-10/h1-9H. The highest BCUT2D eigenvalue weighted by molar-refractivity contribution is 5.81. The molecule has 2 rings (SSSR count). The van der Waals surface area contributed by atoms with Gasteiger partial charge in [-0.3, -0.25) is 15.0 Å². The maximum Gasteiger partial charge on any atom is 0.0813 e. The second-order valence-corrected chi connectivity index (χ2v) is 2.75. The summed E-state index contributed by atoms with van der Waals surface area (Å²) < 4.78 is 0. The Balaban J connectivity index is 2.16. The third-order valence-corrected chi connectivity index (χ3v) is 1.71. The van der Waals surface area contributed by atoms with Gasteiger partial charge in [-0.05, 0) is 29.8 Å². The van der Waals surface area contributed by atoms with Crippen LogP contribution < -0.4 is 0 Å². The minimum absolute atomic E-state index is 0.851. The Kier molecular flexibility index (Phi) is 2.62. The van der Waals surface area contributed by atoms with Gasteiger partial charge in [-0.15, -0.1) is 0 Å². The minimum atomic E-state index is 0.851. The first-order valence-corrected chi connectivity index (χ1v) is 4.29. The molecule has 2 heterocycles. The molecule has 0 saturated heterocycles. The van der Waals surface area contributed by atoms with Gasteiger partial charge in [-0.2, -0.15) is 0 Å². The van der Waals surface area contributed by atoms with E-state index in [9.17, 15) is 0 Å². The van der Waals surface area contributed by atoms with Crippen molar-refractivity contribution in [3.8, 4) is 0 Å². The number of rotatable bonds is 2. The van der Waals surface area contributed by atoms with Crippen LogP contribution in [-0.2, 0) is 0 Å². The lowest BCUT2D eigenvalue weighted by Crippen LogP contribution is -1.79. The summed E-state index contributed by atoms with van der Waals surface area (Å²) in [6.45, 7) is 0. The number of aliphatic imine (C=N–C) groups is 1. The quantitative estimate of drug-likeness (QED) is 0.669. The van der Waals surface area contributed by atoms with E-state index in [-0.39, 0.29) is 0 Å². The molecule has 0 radical (unpaired) electrons. The lowest BCUT2D eigenvalue weighted by atomic mass is 10.3. The lowest BCUT2D eigenvalue weighted by Gasteiger charge is -1.91. The molecule has 0 aliphatic carbocycles. The highest BCUT2D eigenvalue weighted by Gasteiger charge is 1.86. The Morgan fingerprint density at radius 2 is 1.86 bits per heavy atom. The molecule has 68 valence electrons. The van der Waals surface area contributed by atoms with Crippen LogP contribution in [0.5, 0.6) is 0 Å². The molecular formula is C11H9N3. The normalized spacial score (nSPS) is 10.6. The summed E-state index contributed by atoms with van der Waals surface area (Å²) in [7, 11) is 0. The summed E-state index contributed by atoms with van der Waals surface area (Å²) >= 11 is 0. The zero-order chi connectivity index (χ0) is 9.64. The van der Waals surface area contributed by atoms with Crippen molar-refractivity contribution < 1.29 is 0 Å². The van der Waals surface area contributed by atoms with Crippen LogP contribution in [-0.4, -0.2) is 16.2 Å². The van der Waals surface area contributed by atoms with Crippen LogP contribution in [0.2, 0.25) is 0 Å². The third kappa shape index (κ3) is 2.23. The molecule has 0 spiro atoms. The van der Waals surface area contributed by atoms with Crippen molar-refractivity contribution >= 4 is 11.9 Å². The molecule has 3 nitrogen and oxygen atoms in total. The SMILES string of the molecule is C(=Nc1cccnc1)c1ccncc1. The van der Waals surface area contributed by atoms with E-state index in [1.807, 2.05) is 24.3 Å². The van der Waals surface area contributed by atoms with Crippen LogP contribution in [0.4, 0.5) is 5.69 Å². The van der Waals surface area contributed by atoms with Gasteiger partial charge in [0.25, 0.3) is 0 Å². The Hall–Kier alpha value is -2.03. The minimum Gasteiger partial charge on any atom is -0.265 e. The molecule has 0 saturated carbocycles. The van der Waals surface area contributed by atoms with E-state index >= 15 is 0 Å². The van der Waals surface area contributed by atoms with Crippen molar-refractivity contribution in [2.75, 3.05) is 0 Å². The molecule has 0 aliphatic rings. The number of hydrogen-bond acceptors (Lipinski definition) is 3. The molecule has 0 N–H and O–H groups in total. The van der Waals surface area contributed by atoms with Gasteiger partial charge in [0.15, 0.2) is 0 Å². The van der Waals surface area contributed by atoms with Crippen LogP contribution in [0.1, 0.15) is 5.56 Å². The van der Waals surface area contributed by atoms with Crippen molar-refractivity contribution in [3.05, 3.63) is 54.6 Å². The summed E-state index contributed by atoms with van der Waals surface area (Å²) in [6.07, 6.45) is 8.72. The van der Waals surface area contributed by atoms with E-state index in [4.69, 9.17) is 0 Å². The van der Waals surface area contributed by atoms with Gasteiger partial charge < -0.3 is 0 Å². The second-order valence-electron chi connectivity index (χ2n) is 2.75. The molecule has 0 atom stereocenters. The molecule has 2 aromatic rings. The molecular weight excluding hydrogens is 174 g/mol. The number of hydrogen-bond donors (Lipinski definition) is 0. The third-order valence-electron chi connectivity index (χ3n) is 1.71. The van der Waals surface area contributed by atoms with E-state index in [1.54, 1.807) is 31.0 Å². The Morgan fingerprint density at radius 1 is 1.00 bits per heavy atom. The summed E-state index contributed by atoms with van der Waals surface area (Å²) in [5, 5.41) is 0. The number of nitrogens with zero attached hydrogens (tertiary/aromatic N) is 3. The highest BCUT2D eigenvalue weighted by atomic mass is 14.8. The van der Waals surface area contributed by atoms with E-state index in [1.165, 1.54) is 0 Å². The predicted molar refractivity (Wildman–Crippen MR) is 55.7 cm³/mol. The fourth-order valence-electron chi connectivity index (χ4n) is 1.03. The van der Waals surface area contributed by atoms with Gasteiger partial charge >= 0.3 is 0 Å². The smallest absolute Gasteiger partial charge is 0.0813 e. The zero-order valence-electron chi connectivity index (χ0n) is 7.54. The van der Waals surface area contributed by atoms with Gasteiger partial charge in [0.05, 0.1) is 11.9 Å². The maximum atomic E-state index is 4.26. The van der Waals surface area contributed by atoms with Crippen LogP contribution in [0.15, 0.2) is 54.0 Å². The maximum absolute atomic E-state index is 4.26. The predicted octanol–water partition coefficient (Wildman–Crippen LogP) is 2.23.